The smallest absolute Gasteiger partial charge is 0.255 e. The number of rotatable bonds is 5. The van der Waals surface area contributed by atoms with Crippen molar-refractivity contribution in [3.63, 3.8) is 0 Å². The van der Waals surface area contributed by atoms with Crippen LogP contribution in [0.4, 0.5) is 0 Å². The first-order chi connectivity index (χ1) is 15.1. The zero-order valence-electron chi connectivity index (χ0n) is 17.1. The molecule has 8 heteroatoms. The van der Waals surface area contributed by atoms with Crippen molar-refractivity contribution in [1.29, 1.82) is 0 Å². The summed E-state index contributed by atoms with van der Waals surface area (Å²) in [4.78, 5) is 28.0. The summed E-state index contributed by atoms with van der Waals surface area (Å²) in [7, 11) is 0. The maximum atomic E-state index is 13.5. The van der Waals surface area contributed by atoms with Crippen LogP contribution in [-0.2, 0) is 16.1 Å². The van der Waals surface area contributed by atoms with Gasteiger partial charge < -0.3 is 5.11 Å². The van der Waals surface area contributed by atoms with Crippen molar-refractivity contribution in [2.75, 3.05) is 5.01 Å². The molecule has 2 amide bonds. The first kappa shape index (κ1) is 19.7. The number of carbonyl (C=O) groups excluding carboxylic acids is 2. The van der Waals surface area contributed by atoms with Crippen LogP contribution in [0.1, 0.15) is 24.8 Å². The zero-order chi connectivity index (χ0) is 21.4. The summed E-state index contributed by atoms with van der Waals surface area (Å²) in [6.45, 7) is 0.232. The third-order valence-electron chi connectivity index (χ3n) is 6.52. The predicted molar refractivity (Wildman–Crippen MR) is 113 cm³/mol. The Balaban J connectivity index is 1.48. The number of imide groups is 1. The lowest BCUT2D eigenvalue weighted by atomic mass is 9.83. The first-order valence-electron chi connectivity index (χ1n) is 10.7. The first-order valence-corrected chi connectivity index (χ1v) is 10.7. The standard InChI is InChI=1S/C23H25N5O3/c29-21(17-9-5-2-6-10-17)19-12-11-18-20(28(19)26-14-24-25-15-26)23(31)27(22(18)30)13-16-7-3-1-4-8-16/h1-5,7-8,11-12,14-15,17-21,29H,6,9-10,13H2. The Morgan fingerprint density at radius 2 is 1.81 bits per heavy atom. The van der Waals surface area contributed by atoms with E-state index in [4.69, 9.17) is 0 Å². The van der Waals surface area contributed by atoms with Gasteiger partial charge >= 0.3 is 0 Å². The number of aliphatic hydroxyl groups excluding tert-OH is 1. The predicted octanol–water partition coefficient (Wildman–Crippen LogP) is 1.43. The second-order valence-corrected chi connectivity index (χ2v) is 8.35. The number of amides is 2. The number of aliphatic hydroxyl groups is 1. The van der Waals surface area contributed by atoms with Gasteiger partial charge in [0.25, 0.3) is 5.91 Å². The van der Waals surface area contributed by atoms with Crippen LogP contribution in [0.15, 0.2) is 67.3 Å². The fraction of sp³-hybridized carbons (Fsp3) is 0.391. The second kappa shape index (κ2) is 8.11. The summed E-state index contributed by atoms with van der Waals surface area (Å²) in [5.74, 6) is -1.00. The van der Waals surface area contributed by atoms with Crippen LogP contribution >= 0.6 is 0 Å². The molecule has 1 aromatic heterocycles. The van der Waals surface area contributed by atoms with Gasteiger partial charge in [-0.15, -0.1) is 10.2 Å². The topological polar surface area (TPSA) is 91.6 Å². The van der Waals surface area contributed by atoms with Crippen LogP contribution in [0.2, 0.25) is 0 Å². The van der Waals surface area contributed by atoms with Crippen LogP contribution in [0.3, 0.4) is 0 Å². The largest absolute Gasteiger partial charge is 0.390 e. The lowest BCUT2D eigenvalue weighted by molar-refractivity contribution is -0.140. The van der Waals surface area contributed by atoms with Gasteiger partial charge in [-0.3, -0.25) is 19.5 Å². The summed E-state index contributed by atoms with van der Waals surface area (Å²) in [6, 6.07) is 8.29. The van der Waals surface area contributed by atoms with Crippen LogP contribution in [0.25, 0.3) is 0 Å². The second-order valence-electron chi connectivity index (χ2n) is 8.35. The summed E-state index contributed by atoms with van der Waals surface area (Å²) in [5, 5.41) is 20.8. The SMILES string of the molecule is O=C1C2C=CC(C(O)C3CC=CCC3)N(n3cnnc3)C2C(=O)N1Cc1ccccc1. The highest BCUT2D eigenvalue weighted by Crippen LogP contribution is 2.35. The highest BCUT2D eigenvalue weighted by Gasteiger charge is 2.54. The fourth-order valence-electron chi connectivity index (χ4n) is 4.92. The summed E-state index contributed by atoms with van der Waals surface area (Å²) in [6.07, 6.45) is 12.8. The normalized spacial score (nSPS) is 28.8. The van der Waals surface area contributed by atoms with Gasteiger partial charge in [-0.05, 0) is 30.7 Å². The molecular formula is C23H25N5O3. The summed E-state index contributed by atoms with van der Waals surface area (Å²) < 4.78 is 1.63. The molecule has 31 heavy (non-hydrogen) atoms. The molecule has 3 heterocycles. The van der Waals surface area contributed by atoms with E-state index in [9.17, 15) is 14.7 Å². The molecule has 3 aliphatic rings. The number of likely N-dealkylation sites (tertiary alicyclic amines) is 1. The van der Waals surface area contributed by atoms with Crippen LogP contribution in [-0.4, -0.2) is 54.9 Å². The molecule has 0 saturated carbocycles. The van der Waals surface area contributed by atoms with Gasteiger partial charge in [0, 0.05) is 0 Å². The minimum Gasteiger partial charge on any atom is -0.390 e. The van der Waals surface area contributed by atoms with Crippen molar-refractivity contribution in [3.8, 4) is 0 Å². The van der Waals surface area contributed by atoms with Crippen molar-refractivity contribution in [3.05, 3.63) is 72.9 Å². The Morgan fingerprint density at radius 3 is 2.52 bits per heavy atom. The monoisotopic (exact) mass is 419 g/mol. The van der Waals surface area contributed by atoms with Crippen molar-refractivity contribution >= 4 is 11.8 Å². The summed E-state index contributed by atoms with van der Waals surface area (Å²) >= 11 is 0. The summed E-state index contributed by atoms with van der Waals surface area (Å²) in [5.41, 5.74) is 0.897. The van der Waals surface area contributed by atoms with E-state index < -0.39 is 24.1 Å². The van der Waals surface area contributed by atoms with Gasteiger partial charge in [-0.2, -0.15) is 0 Å². The molecule has 8 nitrogen and oxygen atoms in total. The Bertz CT molecular complexity index is 1000. The Labute approximate surface area is 180 Å². The Morgan fingerprint density at radius 1 is 1.03 bits per heavy atom. The number of aromatic nitrogens is 3. The Kier molecular flexibility index (Phi) is 5.15. The van der Waals surface area contributed by atoms with Gasteiger partial charge in [-0.25, -0.2) is 4.68 Å². The number of fused-ring (bicyclic) bond motifs is 1. The van der Waals surface area contributed by atoms with Gasteiger partial charge in [0.15, 0.2) is 0 Å². The molecule has 1 saturated heterocycles. The van der Waals surface area contributed by atoms with Gasteiger partial charge in [0.2, 0.25) is 5.91 Å². The van der Waals surface area contributed by atoms with Crippen molar-refractivity contribution in [2.45, 2.75) is 44.0 Å². The van der Waals surface area contributed by atoms with Gasteiger partial charge in [0.05, 0.1) is 24.6 Å². The number of allylic oxidation sites excluding steroid dienone is 2. The van der Waals surface area contributed by atoms with E-state index in [0.29, 0.717) is 0 Å². The quantitative estimate of drug-likeness (QED) is 0.582. The minimum absolute atomic E-state index is 0.0859. The molecule has 1 N–H and O–H groups in total. The number of hydrogen-bond donors (Lipinski definition) is 1. The number of nitrogens with zero attached hydrogens (tertiary/aromatic N) is 5. The highest BCUT2D eigenvalue weighted by atomic mass is 16.3. The van der Waals surface area contributed by atoms with Crippen molar-refractivity contribution < 1.29 is 14.7 Å². The molecule has 1 aliphatic carbocycles. The molecule has 1 fully saturated rings. The molecule has 2 aliphatic heterocycles. The molecule has 0 bridgehead atoms. The molecule has 2 aromatic rings. The van der Waals surface area contributed by atoms with Crippen molar-refractivity contribution in [2.24, 2.45) is 11.8 Å². The van der Waals surface area contributed by atoms with Crippen molar-refractivity contribution in [1.82, 2.24) is 19.8 Å². The van der Waals surface area contributed by atoms with Gasteiger partial charge in [-0.1, -0.05) is 54.6 Å². The fourth-order valence-corrected chi connectivity index (χ4v) is 4.92. The molecular weight excluding hydrogens is 394 g/mol. The average Bonchev–Trinajstić information content (AvgIpc) is 3.43. The van der Waals surface area contributed by atoms with Crippen LogP contribution in [0.5, 0.6) is 0 Å². The number of benzene rings is 1. The minimum atomic E-state index is -0.740. The Hall–Kier alpha value is -3.26. The average molecular weight is 419 g/mol. The maximum absolute atomic E-state index is 13.5. The molecule has 0 spiro atoms. The van der Waals surface area contributed by atoms with E-state index in [2.05, 4.69) is 22.3 Å². The lowest BCUT2D eigenvalue weighted by Gasteiger charge is -2.43. The molecule has 5 unspecified atom stereocenters. The number of hydrogen-bond acceptors (Lipinski definition) is 6. The van der Waals surface area contributed by atoms with E-state index >= 15 is 0 Å². The molecule has 1 aromatic carbocycles. The van der Waals surface area contributed by atoms with Gasteiger partial charge in [0.1, 0.15) is 18.7 Å². The van der Waals surface area contributed by atoms with Crippen LogP contribution in [0, 0.1) is 11.8 Å². The molecule has 0 radical (unpaired) electrons. The third kappa shape index (κ3) is 3.46. The molecule has 160 valence electrons. The van der Waals surface area contributed by atoms with E-state index in [1.807, 2.05) is 36.4 Å². The molecule has 5 atom stereocenters. The van der Waals surface area contributed by atoms with Crippen LogP contribution < -0.4 is 5.01 Å². The maximum Gasteiger partial charge on any atom is 0.255 e. The highest BCUT2D eigenvalue weighted by molar-refractivity contribution is 6.09. The van der Waals surface area contributed by atoms with E-state index in [1.165, 1.54) is 17.6 Å². The van der Waals surface area contributed by atoms with E-state index in [0.717, 1.165) is 24.8 Å². The number of carbonyl (C=O) groups is 2. The molecule has 5 rings (SSSR count). The zero-order valence-corrected chi connectivity index (χ0v) is 17.1. The van der Waals surface area contributed by atoms with E-state index in [-0.39, 0.29) is 24.3 Å². The third-order valence-corrected chi connectivity index (χ3v) is 6.52. The van der Waals surface area contributed by atoms with E-state index in [1.54, 1.807) is 15.8 Å². The lowest BCUT2D eigenvalue weighted by Crippen LogP contribution is -2.61.